The maximum atomic E-state index is 6.18. The van der Waals surface area contributed by atoms with Gasteiger partial charge in [0.05, 0.1) is 12.8 Å². The second-order valence-corrected chi connectivity index (χ2v) is 3.80. The van der Waals surface area contributed by atoms with Crippen molar-refractivity contribution in [1.29, 1.82) is 0 Å². The lowest BCUT2D eigenvalue weighted by atomic mass is 10.00. The Bertz CT molecular complexity index is 455. The molecule has 3 heterocycles. The zero-order valence-corrected chi connectivity index (χ0v) is 8.10. The van der Waals surface area contributed by atoms with Crippen LogP contribution in [0.5, 0.6) is 0 Å². The Balaban J connectivity index is 2.11. The second kappa shape index (κ2) is 2.98. The van der Waals surface area contributed by atoms with Crippen molar-refractivity contribution in [1.82, 2.24) is 19.9 Å². The summed E-state index contributed by atoms with van der Waals surface area (Å²) in [5.74, 6) is 0.732. The van der Waals surface area contributed by atoms with Crippen LogP contribution in [0.25, 0.3) is 11.2 Å². The molecular formula is C9H11N5O. The second-order valence-electron chi connectivity index (χ2n) is 3.80. The third kappa shape index (κ3) is 1.30. The quantitative estimate of drug-likeness (QED) is 0.680. The molecule has 3 rings (SSSR count). The van der Waals surface area contributed by atoms with Gasteiger partial charge >= 0.3 is 0 Å². The van der Waals surface area contributed by atoms with Crippen LogP contribution in [0.4, 0.5) is 0 Å². The molecule has 3 N–H and O–H groups in total. The van der Waals surface area contributed by atoms with E-state index in [1.165, 1.54) is 6.33 Å². The lowest BCUT2D eigenvalue weighted by Gasteiger charge is -2.17. The zero-order chi connectivity index (χ0) is 10.3. The molecule has 1 aliphatic heterocycles. The highest BCUT2D eigenvalue weighted by Crippen LogP contribution is 2.26. The summed E-state index contributed by atoms with van der Waals surface area (Å²) in [5.41, 5.74) is 7.14. The van der Waals surface area contributed by atoms with Crippen LogP contribution in [-0.2, 0) is 10.3 Å². The molecule has 6 nitrogen and oxygen atoms in total. The fourth-order valence-corrected chi connectivity index (χ4v) is 1.77. The lowest BCUT2D eigenvalue weighted by Crippen LogP contribution is -2.38. The van der Waals surface area contributed by atoms with E-state index in [2.05, 4.69) is 19.9 Å². The Hall–Kier alpha value is -1.53. The number of ether oxygens (including phenoxy) is 1. The number of nitrogens with zero attached hydrogens (tertiary/aromatic N) is 3. The monoisotopic (exact) mass is 205 g/mol. The van der Waals surface area contributed by atoms with E-state index in [0.717, 1.165) is 17.8 Å². The maximum absolute atomic E-state index is 6.18. The summed E-state index contributed by atoms with van der Waals surface area (Å²) >= 11 is 0. The van der Waals surface area contributed by atoms with Gasteiger partial charge in [-0.1, -0.05) is 0 Å². The molecule has 2 aromatic heterocycles. The highest BCUT2D eigenvalue weighted by Gasteiger charge is 2.35. The number of aromatic nitrogens is 4. The summed E-state index contributed by atoms with van der Waals surface area (Å²) in [7, 11) is 0. The average molecular weight is 205 g/mol. The number of nitrogens with two attached hydrogens (primary N) is 1. The minimum atomic E-state index is -0.499. The molecule has 6 heteroatoms. The molecular weight excluding hydrogens is 194 g/mol. The SMILES string of the molecule is NC1(c2nc3ncncc3[nH]2)CCOC1. The number of H-pyrrole nitrogens is 1. The molecule has 1 saturated heterocycles. The van der Waals surface area contributed by atoms with Gasteiger partial charge < -0.3 is 15.5 Å². The maximum Gasteiger partial charge on any atom is 0.180 e. The first-order valence-electron chi connectivity index (χ1n) is 4.81. The van der Waals surface area contributed by atoms with Crippen molar-refractivity contribution in [2.24, 2.45) is 5.73 Å². The first kappa shape index (κ1) is 8.75. The molecule has 0 bridgehead atoms. The number of hydrogen-bond acceptors (Lipinski definition) is 5. The number of imidazole rings is 1. The number of hydrogen-bond donors (Lipinski definition) is 2. The molecule has 1 unspecified atom stereocenters. The number of aromatic amines is 1. The van der Waals surface area contributed by atoms with Crippen molar-refractivity contribution in [2.45, 2.75) is 12.0 Å². The minimum absolute atomic E-state index is 0.499. The summed E-state index contributed by atoms with van der Waals surface area (Å²) in [6.07, 6.45) is 3.94. The van der Waals surface area contributed by atoms with Crippen molar-refractivity contribution in [2.75, 3.05) is 13.2 Å². The van der Waals surface area contributed by atoms with Crippen molar-refractivity contribution in [3.63, 3.8) is 0 Å². The van der Waals surface area contributed by atoms with Gasteiger partial charge in [-0.15, -0.1) is 0 Å². The highest BCUT2D eigenvalue weighted by molar-refractivity contribution is 5.69. The number of rotatable bonds is 1. The third-order valence-corrected chi connectivity index (χ3v) is 2.69. The molecule has 0 aliphatic carbocycles. The predicted octanol–water partition coefficient (Wildman–Crippen LogP) is -0.0728. The van der Waals surface area contributed by atoms with Gasteiger partial charge in [0, 0.05) is 6.61 Å². The topological polar surface area (TPSA) is 89.7 Å². The van der Waals surface area contributed by atoms with Crippen molar-refractivity contribution < 1.29 is 4.74 Å². The smallest absolute Gasteiger partial charge is 0.180 e. The molecule has 0 radical (unpaired) electrons. The van der Waals surface area contributed by atoms with Crippen molar-refractivity contribution >= 4 is 11.2 Å². The van der Waals surface area contributed by atoms with E-state index >= 15 is 0 Å². The van der Waals surface area contributed by atoms with E-state index in [9.17, 15) is 0 Å². The van der Waals surface area contributed by atoms with Gasteiger partial charge in [-0.05, 0) is 6.42 Å². The normalized spacial score (nSPS) is 26.2. The van der Waals surface area contributed by atoms with Gasteiger partial charge in [0.25, 0.3) is 0 Å². The molecule has 0 aromatic carbocycles. The van der Waals surface area contributed by atoms with Gasteiger partial charge in [-0.25, -0.2) is 15.0 Å². The Kier molecular flexibility index (Phi) is 1.74. The van der Waals surface area contributed by atoms with Crippen LogP contribution in [0.2, 0.25) is 0 Å². The predicted molar refractivity (Wildman–Crippen MR) is 53.0 cm³/mol. The Morgan fingerprint density at radius 2 is 2.47 bits per heavy atom. The fourth-order valence-electron chi connectivity index (χ4n) is 1.77. The Labute approximate surface area is 85.9 Å². The summed E-state index contributed by atoms with van der Waals surface area (Å²) in [5, 5.41) is 0. The van der Waals surface area contributed by atoms with E-state index in [1.807, 2.05) is 0 Å². The Morgan fingerprint density at radius 1 is 1.53 bits per heavy atom. The van der Waals surface area contributed by atoms with Crippen LogP contribution in [0.3, 0.4) is 0 Å². The van der Waals surface area contributed by atoms with Crippen LogP contribution >= 0.6 is 0 Å². The average Bonchev–Trinajstić information content (AvgIpc) is 2.84. The van der Waals surface area contributed by atoms with Crippen LogP contribution < -0.4 is 5.73 Å². The fraction of sp³-hybridized carbons (Fsp3) is 0.444. The van der Waals surface area contributed by atoms with Gasteiger partial charge in [-0.2, -0.15) is 0 Å². The van der Waals surface area contributed by atoms with Gasteiger partial charge in [0.1, 0.15) is 23.2 Å². The molecule has 1 fully saturated rings. The molecule has 0 saturated carbocycles. The molecule has 0 spiro atoms. The van der Waals surface area contributed by atoms with E-state index in [-0.39, 0.29) is 0 Å². The minimum Gasteiger partial charge on any atom is -0.379 e. The lowest BCUT2D eigenvalue weighted by molar-refractivity contribution is 0.176. The molecule has 78 valence electrons. The third-order valence-electron chi connectivity index (χ3n) is 2.69. The van der Waals surface area contributed by atoms with E-state index in [4.69, 9.17) is 10.5 Å². The highest BCUT2D eigenvalue weighted by atomic mass is 16.5. The first-order valence-corrected chi connectivity index (χ1v) is 4.81. The van der Waals surface area contributed by atoms with Crippen molar-refractivity contribution in [3.8, 4) is 0 Å². The Morgan fingerprint density at radius 3 is 3.20 bits per heavy atom. The largest absolute Gasteiger partial charge is 0.379 e. The van der Waals surface area contributed by atoms with E-state index in [0.29, 0.717) is 18.9 Å². The standard InChI is InChI=1S/C9H11N5O/c10-9(1-2-15-4-9)8-13-6-3-11-5-12-7(6)14-8/h3,5H,1-2,4,10H2,(H,11,12,13,14). The molecule has 15 heavy (non-hydrogen) atoms. The molecule has 1 atom stereocenters. The molecule has 1 aliphatic rings. The summed E-state index contributed by atoms with van der Waals surface area (Å²) < 4.78 is 5.29. The summed E-state index contributed by atoms with van der Waals surface area (Å²) in [6, 6.07) is 0. The summed E-state index contributed by atoms with van der Waals surface area (Å²) in [6.45, 7) is 1.18. The van der Waals surface area contributed by atoms with Crippen LogP contribution in [0, 0.1) is 0 Å². The van der Waals surface area contributed by atoms with Gasteiger partial charge in [0.15, 0.2) is 5.65 Å². The van der Waals surface area contributed by atoms with E-state index in [1.54, 1.807) is 6.20 Å². The van der Waals surface area contributed by atoms with Crippen LogP contribution in [0.1, 0.15) is 12.2 Å². The zero-order valence-electron chi connectivity index (χ0n) is 8.10. The van der Waals surface area contributed by atoms with Gasteiger partial charge in [0.2, 0.25) is 0 Å². The van der Waals surface area contributed by atoms with Crippen LogP contribution in [-0.4, -0.2) is 33.1 Å². The first-order chi connectivity index (χ1) is 7.28. The number of fused-ring (bicyclic) bond motifs is 1. The molecule has 0 amide bonds. The summed E-state index contributed by atoms with van der Waals surface area (Å²) in [4.78, 5) is 15.5. The van der Waals surface area contributed by atoms with Crippen molar-refractivity contribution in [3.05, 3.63) is 18.3 Å². The van der Waals surface area contributed by atoms with Crippen LogP contribution in [0.15, 0.2) is 12.5 Å². The van der Waals surface area contributed by atoms with Gasteiger partial charge in [-0.3, -0.25) is 0 Å². The number of nitrogens with one attached hydrogen (secondary N) is 1. The van der Waals surface area contributed by atoms with E-state index < -0.39 is 5.54 Å². The molecule has 2 aromatic rings.